The van der Waals surface area contributed by atoms with Gasteiger partial charge in [-0.1, -0.05) is 47.5 Å². The maximum Gasteiger partial charge on any atom is 0.119 e. The lowest BCUT2D eigenvalue weighted by Crippen LogP contribution is -2.55. The normalized spacial score (nSPS) is 26.5. The van der Waals surface area contributed by atoms with Crippen LogP contribution in [0, 0.1) is 11.8 Å². The number of nitrogens with zero attached hydrogens (tertiary/aromatic N) is 1. The van der Waals surface area contributed by atoms with Crippen LogP contribution in [0.3, 0.4) is 0 Å². The minimum atomic E-state index is -1.07. The Hall–Kier alpha value is -1.06. The van der Waals surface area contributed by atoms with E-state index in [2.05, 4.69) is 4.90 Å². The van der Waals surface area contributed by atoms with Crippen molar-refractivity contribution in [1.82, 2.24) is 4.90 Å². The molecule has 3 heterocycles. The van der Waals surface area contributed by atoms with Crippen molar-refractivity contribution in [2.75, 3.05) is 19.6 Å². The number of hydrogen-bond acceptors (Lipinski definition) is 2. The first-order chi connectivity index (χ1) is 11.6. The highest BCUT2D eigenvalue weighted by Gasteiger charge is 2.48. The maximum atomic E-state index is 12.0. The highest BCUT2D eigenvalue weighted by molar-refractivity contribution is 6.31. The summed E-state index contributed by atoms with van der Waals surface area (Å²) in [5.74, 6) is 0.676. The van der Waals surface area contributed by atoms with Gasteiger partial charge in [0.1, 0.15) is 5.60 Å². The second-order valence-corrected chi connectivity index (χ2v) is 7.90. The summed E-state index contributed by atoms with van der Waals surface area (Å²) in [7, 11) is 0. The molecule has 1 atom stereocenters. The van der Waals surface area contributed by atoms with Gasteiger partial charge in [-0.2, -0.15) is 0 Å². The first-order valence-electron chi connectivity index (χ1n) is 8.54. The van der Waals surface area contributed by atoms with E-state index in [0.29, 0.717) is 16.0 Å². The molecule has 5 rings (SSSR count). The summed E-state index contributed by atoms with van der Waals surface area (Å²) in [6.45, 7) is 3.20. The Balaban J connectivity index is 1.86. The number of hydrogen-bond donors (Lipinski definition) is 1. The molecule has 3 fully saturated rings. The number of halogens is 2. The molecule has 2 aromatic rings. The molecule has 0 unspecified atom stereocenters. The quantitative estimate of drug-likeness (QED) is 0.865. The van der Waals surface area contributed by atoms with E-state index in [1.807, 2.05) is 48.5 Å². The summed E-state index contributed by atoms with van der Waals surface area (Å²) in [6.07, 6.45) is 2.29. The average Bonchev–Trinajstić information content (AvgIpc) is 2.62. The first kappa shape index (κ1) is 16.4. The molecule has 0 aromatic heterocycles. The number of fused-ring (bicyclic) bond motifs is 3. The molecule has 4 heteroatoms. The van der Waals surface area contributed by atoms with Gasteiger partial charge in [0.25, 0.3) is 0 Å². The van der Waals surface area contributed by atoms with Crippen molar-refractivity contribution in [3.05, 3.63) is 69.7 Å². The SMILES string of the molecule is OC(c1cccc(Cl)c1)(c1cccc(Cl)c1)[C@@H]1CN2CCC1CC2. The van der Waals surface area contributed by atoms with E-state index in [1.54, 1.807) is 0 Å². The molecule has 2 nitrogen and oxygen atoms in total. The number of aliphatic hydroxyl groups is 1. The van der Waals surface area contributed by atoms with Gasteiger partial charge in [0.2, 0.25) is 0 Å². The number of rotatable bonds is 3. The Labute approximate surface area is 153 Å². The molecule has 0 amide bonds. The fourth-order valence-electron chi connectivity index (χ4n) is 4.48. The summed E-state index contributed by atoms with van der Waals surface area (Å²) in [5, 5.41) is 13.3. The zero-order valence-corrected chi connectivity index (χ0v) is 15.0. The molecule has 3 saturated heterocycles. The van der Waals surface area contributed by atoms with Gasteiger partial charge in [-0.15, -0.1) is 0 Å². The molecule has 3 aliphatic rings. The van der Waals surface area contributed by atoms with Gasteiger partial charge in [-0.3, -0.25) is 0 Å². The molecule has 0 spiro atoms. The predicted molar refractivity (Wildman–Crippen MR) is 98.6 cm³/mol. The van der Waals surface area contributed by atoms with Crippen LogP contribution < -0.4 is 0 Å². The van der Waals surface area contributed by atoms with Gasteiger partial charge < -0.3 is 10.0 Å². The third-order valence-electron chi connectivity index (χ3n) is 5.72. The van der Waals surface area contributed by atoms with Crippen LogP contribution in [0.15, 0.2) is 48.5 Å². The minimum Gasteiger partial charge on any atom is -0.380 e. The molecule has 1 N–H and O–H groups in total. The van der Waals surface area contributed by atoms with Gasteiger partial charge in [0.15, 0.2) is 0 Å². The van der Waals surface area contributed by atoms with Crippen LogP contribution in [0.25, 0.3) is 0 Å². The molecule has 0 saturated carbocycles. The van der Waals surface area contributed by atoms with Crippen LogP contribution in [-0.4, -0.2) is 29.6 Å². The molecule has 0 aliphatic carbocycles. The third-order valence-corrected chi connectivity index (χ3v) is 6.19. The highest BCUT2D eigenvalue weighted by Crippen LogP contribution is 2.47. The lowest BCUT2D eigenvalue weighted by atomic mass is 9.65. The van der Waals surface area contributed by atoms with Crippen LogP contribution in [0.1, 0.15) is 24.0 Å². The Morgan fingerprint density at radius 1 is 0.917 bits per heavy atom. The molecule has 24 heavy (non-hydrogen) atoms. The first-order valence-corrected chi connectivity index (χ1v) is 9.30. The highest BCUT2D eigenvalue weighted by atomic mass is 35.5. The van der Waals surface area contributed by atoms with Crippen molar-refractivity contribution in [3.63, 3.8) is 0 Å². The molecule has 2 aromatic carbocycles. The van der Waals surface area contributed by atoms with E-state index in [-0.39, 0.29) is 5.92 Å². The van der Waals surface area contributed by atoms with Crippen LogP contribution in [-0.2, 0) is 5.60 Å². The Bertz CT molecular complexity index is 694. The van der Waals surface area contributed by atoms with Crippen molar-refractivity contribution in [1.29, 1.82) is 0 Å². The summed E-state index contributed by atoms with van der Waals surface area (Å²) in [5.41, 5.74) is 0.645. The second-order valence-electron chi connectivity index (χ2n) is 7.03. The number of benzene rings is 2. The van der Waals surface area contributed by atoms with Crippen LogP contribution in [0.4, 0.5) is 0 Å². The topological polar surface area (TPSA) is 23.5 Å². The Morgan fingerprint density at radius 3 is 1.88 bits per heavy atom. The largest absolute Gasteiger partial charge is 0.380 e. The van der Waals surface area contributed by atoms with Crippen LogP contribution >= 0.6 is 23.2 Å². The van der Waals surface area contributed by atoms with Crippen molar-refractivity contribution in [3.8, 4) is 0 Å². The summed E-state index contributed by atoms with van der Waals surface area (Å²) in [6, 6.07) is 15.2. The lowest BCUT2D eigenvalue weighted by Gasteiger charge is -2.51. The number of piperidine rings is 3. The van der Waals surface area contributed by atoms with Gasteiger partial charge in [0, 0.05) is 22.5 Å². The van der Waals surface area contributed by atoms with Crippen molar-refractivity contribution < 1.29 is 5.11 Å². The summed E-state index contributed by atoms with van der Waals surface area (Å²) < 4.78 is 0. The Kier molecular flexibility index (Phi) is 4.34. The molecular formula is C20H21Cl2NO. The smallest absolute Gasteiger partial charge is 0.119 e. The standard InChI is InChI=1S/C20H21Cl2NO/c21-17-5-1-3-15(11-17)20(24,16-4-2-6-18(22)12-16)19-13-23-9-7-14(19)8-10-23/h1-6,11-12,14,19,24H,7-10,13H2/t19-/m1/s1. The molecule has 0 radical (unpaired) electrons. The predicted octanol–water partition coefficient (Wildman–Crippen LogP) is 4.57. The van der Waals surface area contributed by atoms with Crippen molar-refractivity contribution in [2.24, 2.45) is 11.8 Å². The fourth-order valence-corrected chi connectivity index (χ4v) is 4.86. The minimum absolute atomic E-state index is 0.150. The summed E-state index contributed by atoms with van der Waals surface area (Å²) >= 11 is 12.5. The van der Waals surface area contributed by atoms with E-state index in [9.17, 15) is 5.11 Å². The molecular weight excluding hydrogens is 341 g/mol. The molecule has 2 bridgehead atoms. The second kappa shape index (κ2) is 6.34. The average molecular weight is 362 g/mol. The van der Waals surface area contributed by atoms with E-state index < -0.39 is 5.60 Å². The monoisotopic (exact) mass is 361 g/mol. The molecule has 126 valence electrons. The lowest BCUT2D eigenvalue weighted by molar-refractivity contribution is -0.0764. The molecule has 3 aliphatic heterocycles. The van der Waals surface area contributed by atoms with Gasteiger partial charge in [0.05, 0.1) is 0 Å². The van der Waals surface area contributed by atoms with Gasteiger partial charge in [-0.25, -0.2) is 0 Å². The van der Waals surface area contributed by atoms with E-state index in [4.69, 9.17) is 23.2 Å². The van der Waals surface area contributed by atoms with Gasteiger partial charge in [-0.05, 0) is 67.2 Å². The summed E-state index contributed by atoms with van der Waals surface area (Å²) in [4.78, 5) is 2.46. The maximum absolute atomic E-state index is 12.0. The zero-order valence-electron chi connectivity index (χ0n) is 13.5. The van der Waals surface area contributed by atoms with Crippen molar-refractivity contribution in [2.45, 2.75) is 18.4 Å². The third kappa shape index (κ3) is 2.76. The Morgan fingerprint density at radius 2 is 1.46 bits per heavy atom. The van der Waals surface area contributed by atoms with Crippen molar-refractivity contribution >= 4 is 23.2 Å². The zero-order chi connectivity index (χ0) is 16.7. The fraction of sp³-hybridized carbons (Fsp3) is 0.400. The van der Waals surface area contributed by atoms with Gasteiger partial charge >= 0.3 is 0 Å². The van der Waals surface area contributed by atoms with Crippen LogP contribution in [0.5, 0.6) is 0 Å². The van der Waals surface area contributed by atoms with E-state index in [1.165, 1.54) is 0 Å². The van der Waals surface area contributed by atoms with E-state index in [0.717, 1.165) is 43.6 Å². The van der Waals surface area contributed by atoms with E-state index >= 15 is 0 Å². The van der Waals surface area contributed by atoms with Crippen LogP contribution in [0.2, 0.25) is 10.0 Å².